The van der Waals surface area contributed by atoms with E-state index in [4.69, 9.17) is 23.2 Å². The number of halogens is 2. The van der Waals surface area contributed by atoms with Gasteiger partial charge in [0.25, 0.3) is 0 Å². The molecule has 1 N–H and O–H groups in total. The first-order valence-electron chi connectivity index (χ1n) is 5.00. The van der Waals surface area contributed by atoms with Crippen molar-refractivity contribution in [2.24, 2.45) is 0 Å². The molecule has 0 fully saturated rings. The van der Waals surface area contributed by atoms with Crippen LogP contribution in [0.4, 0.5) is 0 Å². The van der Waals surface area contributed by atoms with Crippen molar-refractivity contribution in [2.75, 3.05) is 13.7 Å². The van der Waals surface area contributed by atoms with E-state index in [1.807, 2.05) is 0 Å². The van der Waals surface area contributed by atoms with E-state index in [9.17, 15) is 9.59 Å². The molecular weight excluding hydrogens is 277 g/mol. The number of ether oxygens (including phenoxy) is 1. The summed E-state index contributed by atoms with van der Waals surface area (Å²) in [6.07, 6.45) is 2.64. The van der Waals surface area contributed by atoms with E-state index in [0.717, 1.165) is 0 Å². The SMILES string of the molecule is COC(=O)CN/C=C\C(=O)c1ccc(Cl)cc1Cl. The number of ketones is 1. The molecule has 0 aliphatic carbocycles. The van der Waals surface area contributed by atoms with Gasteiger partial charge in [-0.15, -0.1) is 0 Å². The lowest BCUT2D eigenvalue weighted by atomic mass is 10.1. The van der Waals surface area contributed by atoms with E-state index in [0.29, 0.717) is 10.6 Å². The van der Waals surface area contributed by atoms with Gasteiger partial charge in [-0.25, -0.2) is 0 Å². The molecule has 0 spiro atoms. The maximum absolute atomic E-state index is 11.7. The van der Waals surface area contributed by atoms with E-state index >= 15 is 0 Å². The third-order valence-electron chi connectivity index (χ3n) is 2.02. The minimum absolute atomic E-state index is 0.00533. The molecule has 0 heterocycles. The van der Waals surface area contributed by atoms with Crippen molar-refractivity contribution in [3.63, 3.8) is 0 Å². The average Bonchev–Trinajstić information content (AvgIpc) is 2.34. The summed E-state index contributed by atoms with van der Waals surface area (Å²) in [5, 5.41) is 3.37. The van der Waals surface area contributed by atoms with Crippen LogP contribution in [-0.4, -0.2) is 25.4 Å². The van der Waals surface area contributed by atoms with E-state index in [2.05, 4.69) is 10.1 Å². The number of carbonyl (C=O) groups is 2. The minimum Gasteiger partial charge on any atom is -0.468 e. The van der Waals surface area contributed by atoms with Gasteiger partial charge >= 0.3 is 5.97 Å². The predicted molar refractivity (Wildman–Crippen MR) is 70.0 cm³/mol. The Kier molecular flexibility index (Phi) is 5.68. The van der Waals surface area contributed by atoms with Crippen LogP contribution in [0.3, 0.4) is 0 Å². The lowest BCUT2D eigenvalue weighted by Crippen LogP contribution is -2.19. The van der Waals surface area contributed by atoms with Crippen molar-refractivity contribution in [1.29, 1.82) is 0 Å². The number of carbonyl (C=O) groups excluding carboxylic acids is 2. The Balaban J connectivity index is 2.60. The molecule has 0 aliphatic heterocycles. The highest BCUT2D eigenvalue weighted by Gasteiger charge is 2.07. The Morgan fingerprint density at radius 3 is 2.72 bits per heavy atom. The van der Waals surface area contributed by atoms with Gasteiger partial charge in [-0.3, -0.25) is 9.59 Å². The normalized spacial score (nSPS) is 10.4. The number of hydrogen-bond acceptors (Lipinski definition) is 4. The fourth-order valence-corrected chi connectivity index (χ4v) is 1.63. The number of benzene rings is 1. The van der Waals surface area contributed by atoms with Gasteiger partial charge in [0.05, 0.1) is 12.1 Å². The Morgan fingerprint density at radius 2 is 2.11 bits per heavy atom. The quantitative estimate of drug-likeness (QED) is 0.513. The van der Waals surface area contributed by atoms with Crippen molar-refractivity contribution in [3.05, 3.63) is 46.1 Å². The maximum atomic E-state index is 11.7. The molecular formula is C12H11Cl2NO3. The molecule has 0 bridgehead atoms. The van der Waals surface area contributed by atoms with Gasteiger partial charge in [0.15, 0.2) is 5.78 Å². The molecule has 0 aromatic heterocycles. The molecule has 1 aromatic carbocycles. The zero-order valence-corrected chi connectivity index (χ0v) is 11.1. The van der Waals surface area contributed by atoms with Gasteiger partial charge in [-0.1, -0.05) is 23.2 Å². The van der Waals surface area contributed by atoms with Crippen LogP contribution in [0.1, 0.15) is 10.4 Å². The van der Waals surface area contributed by atoms with Gasteiger partial charge in [0.1, 0.15) is 6.54 Å². The largest absolute Gasteiger partial charge is 0.468 e. The number of methoxy groups -OCH3 is 1. The van der Waals surface area contributed by atoms with Crippen LogP contribution in [0.5, 0.6) is 0 Å². The zero-order chi connectivity index (χ0) is 13.5. The number of rotatable bonds is 5. The summed E-state index contributed by atoms with van der Waals surface area (Å²) in [4.78, 5) is 22.5. The summed E-state index contributed by atoms with van der Waals surface area (Å²) in [6, 6.07) is 4.61. The molecule has 18 heavy (non-hydrogen) atoms. The monoisotopic (exact) mass is 287 g/mol. The van der Waals surface area contributed by atoms with Crippen LogP contribution in [0.25, 0.3) is 0 Å². The van der Waals surface area contributed by atoms with Crippen LogP contribution in [0.15, 0.2) is 30.5 Å². The van der Waals surface area contributed by atoms with Crippen molar-refractivity contribution in [3.8, 4) is 0 Å². The predicted octanol–water partition coefficient (Wildman–Crippen LogP) is 2.45. The smallest absolute Gasteiger partial charge is 0.325 e. The lowest BCUT2D eigenvalue weighted by Gasteiger charge is -2.01. The molecule has 96 valence electrons. The van der Waals surface area contributed by atoms with E-state index in [-0.39, 0.29) is 17.4 Å². The van der Waals surface area contributed by atoms with Gasteiger partial charge < -0.3 is 10.1 Å². The average molecular weight is 288 g/mol. The second-order valence-corrected chi connectivity index (χ2v) is 4.12. The summed E-state index contributed by atoms with van der Waals surface area (Å²) in [7, 11) is 1.28. The summed E-state index contributed by atoms with van der Waals surface area (Å²) < 4.78 is 4.42. The van der Waals surface area contributed by atoms with Crippen molar-refractivity contribution < 1.29 is 14.3 Å². The van der Waals surface area contributed by atoms with Crippen LogP contribution in [-0.2, 0) is 9.53 Å². The molecule has 0 radical (unpaired) electrons. The molecule has 0 saturated carbocycles. The highest BCUT2D eigenvalue weighted by molar-refractivity contribution is 6.37. The lowest BCUT2D eigenvalue weighted by molar-refractivity contribution is -0.139. The first kappa shape index (κ1) is 14.5. The van der Waals surface area contributed by atoms with Gasteiger partial charge in [-0.05, 0) is 18.2 Å². The van der Waals surface area contributed by atoms with E-state index in [1.54, 1.807) is 6.07 Å². The van der Waals surface area contributed by atoms with Crippen molar-refractivity contribution >= 4 is 35.0 Å². The summed E-state index contributed by atoms with van der Waals surface area (Å²) in [5.74, 6) is -0.703. The molecule has 0 saturated heterocycles. The van der Waals surface area contributed by atoms with Crippen LogP contribution in [0.2, 0.25) is 10.0 Å². The Hall–Kier alpha value is -1.52. The Bertz CT molecular complexity index is 486. The molecule has 6 heteroatoms. The van der Waals surface area contributed by atoms with Crippen LogP contribution < -0.4 is 5.32 Å². The topological polar surface area (TPSA) is 55.4 Å². The third-order valence-corrected chi connectivity index (χ3v) is 2.57. The number of hydrogen-bond donors (Lipinski definition) is 1. The number of nitrogens with one attached hydrogen (secondary N) is 1. The van der Waals surface area contributed by atoms with Gasteiger partial charge in [0.2, 0.25) is 0 Å². The maximum Gasteiger partial charge on any atom is 0.325 e. The van der Waals surface area contributed by atoms with Gasteiger partial charge in [-0.2, -0.15) is 0 Å². The van der Waals surface area contributed by atoms with Crippen LogP contribution >= 0.6 is 23.2 Å². The summed E-state index contributed by atoms with van der Waals surface area (Å²) >= 11 is 11.6. The standard InChI is InChI=1S/C12H11Cl2NO3/c1-18-12(17)7-15-5-4-11(16)9-3-2-8(13)6-10(9)14/h2-6,15H,7H2,1H3/b5-4-. The van der Waals surface area contributed by atoms with E-state index < -0.39 is 5.97 Å². The fourth-order valence-electron chi connectivity index (χ4n) is 1.13. The second kappa shape index (κ2) is 7.03. The summed E-state index contributed by atoms with van der Waals surface area (Å²) in [5.41, 5.74) is 0.345. The molecule has 0 amide bonds. The molecule has 0 unspecified atom stereocenters. The fraction of sp³-hybridized carbons (Fsp3) is 0.167. The molecule has 0 aliphatic rings. The highest BCUT2D eigenvalue weighted by Crippen LogP contribution is 2.21. The second-order valence-electron chi connectivity index (χ2n) is 3.28. The van der Waals surface area contributed by atoms with E-state index in [1.165, 1.54) is 31.5 Å². The highest BCUT2D eigenvalue weighted by atomic mass is 35.5. The minimum atomic E-state index is -0.420. The number of allylic oxidation sites excluding steroid dienone is 1. The molecule has 4 nitrogen and oxygen atoms in total. The first-order chi connectivity index (χ1) is 8.54. The zero-order valence-electron chi connectivity index (χ0n) is 9.57. The molecule has 0 atom stereocenters. The Labute approximate surface area is 115 Å². The Morgan fingerprint density at radius 1 is 1.39 bits per heavy atom. The first-order valence-corrected chi connectivity index (χ1v) is 5.76. The molecule has 1 aromatic rings. The van der Waals surface area contributed by atoms with Crippen molar-refractivity contribution in [2.45, 2.75) is 0 Å². The van der Waals surface area contributed by atoms with Crippen molar-refractivity contribution in [1.82, 2.24) is 5.32 Å². The summed E-state index contributed by atoms with van der Waals surface area (Å²) in [6.45, 7) is -0.00533. The molecule has 1 rings (SSSR count). The van der Waals surface area contributed by atoms with Gasteiger partial charge in [0, 0.05) is 22.9 Å². The number of esters is 1. The third kappa shape index (κ3) is 4.39. The van der Waals surface area contributed by atoms with Crippen LogP contribution in [0, 0.1) is 0 Å².